The maximum absolute atomic E-state index is 11.9. The highest BCUT2D eigenvalue weighted by molar-refractivity contribution is 6.28. The maximum atomic E-state index is 11.9. The van der Waals surface area contributed by atoms with Gasteiger partial charge in [0.25, 0.3) is 41.4 Å². The van der Waals surface area contributed by atoms with Crippen LogP contribution in [0.15, 0.2) is 48.6 Å². The highest BCUT2D eigenvalue weighted by Gasteiger charge is 2.32. The van der Waals surface area contributed by atoms with Gasteiger partial charge in [-0.25, -0.2) is 14.5 Å². The highest BCUT2D eigenvalue weighted by atomic mass is 16.7. The third-order valence-electron chi connectivity index (χ3n) is 6.37. The Hall–Kier alpha value is -6.00. The molecule has 0 saturated carbocycles. The van der Waals surface area contributed by atoms with Crippen LogP contribution in [0.4, 0.5) is 5.69 Å². The van der Waals surface area contributed by atoms with Crippen LogP contribution in [0, 0.1) is 0 Å². The smallest absolute Gasteiger partial charge is 0.363 e. The van der Waals surface area contributed by atoms with E-state index in [1.807, 2.05) is 5.48 Å². The molecule has 1 fully saturated rings. The second-order valence-corrected chi connectivity index (χ2v) is 9.79. The number of anilines is 1. The van der Waals surface area contributed by atoms with E-state index in [9.17, 15) is 47.9 Å². The lowest BCUT2D eigenvalue weighted by atomic mass is 10.2. The SMILES string of the molecule is NC(=O)CCC(=O)NOC(=O)c1cccc(N2C(=O)C=CC2=O)c1.O=C(CCCCCN1C(=O)C=CC1=O)ON1C(=O)CCC1=O. The molecule has 0 radical (unpaired) electrons. The van der Waals surface area contributed by atoms with Gasteiger partial charge in [-0.15, -0.1) is 5.06 Å². The van der Waals surface area contributed by atoms with Crippen LogP contribution >= 0.6 is 0 Å². The van der Waals surface area contributed by atoms with Crippen LogP contribution in [0.1, 0.15) is 61.7 Å². The van der Waals surface area contributed by atoms with Crippen molar-refractivity contribution >= 4 is 64.9 Å². The maximum Gasteiger partial charge on any atom is 0.363 e. The fourth-order valence-electron chi connectivity index (χ4n) is 4.05. The molecule has 3 N–H and O–H groups in total. The predicted octanol–water partition coefficient (Wildman–Crippen LogP) is -0.351. The number of benzene rings is 1. The summed E-state index contributed by atoms with van der Waals surface area (Å²) in [4.78, 5) is 125. The normalized spacial score (nSPS) is 15.3. The van der Waals surface area contributed by atoms with Crippen LogP contribution in [0.2, 0.25) is 0 Å². The first-order valence-corrected chi connectivity index (χ1v) is 13.9. The van der Waals surface area contributed by atoms with Crippen LogP contribution in [-0.4, -0.2) is 75.7 Å². The van der Waals surface area contributed by atoms with E-state index in [2.05, 4.69) is 4.84 Å². The molecular formula is C29H29N5O12. The third kappa shape index (κ3) is 9.76. The molecule has 3 aliphatic rings. The third-order valence-corrected chi connectivity index (χ3v) is 6.37. The minimum atomic E-state index is -0.892. The number of nitrogens with two attached hydrogens (primary N) is 1. The first kappa shape index (κ1) is 34.5. The Balaban J connectivity index is 0.000000251. The summed E-state index contributed by atoms with van der Waals surface area (Å²) in [5, 5.41) is 0.523. The summed E-state index contributed by atoms with van der Waals surface area (Å²) >= 11 is 0. The molecule has 0 aliphatic carbocycles. The Bertz CT molecular complexity index is 1480. The topological polar surface area (TPSA) is 237 Å². The van der Waals surface area contributed by atoms with E-state index in [1.165, 1.54) is 36.4 Å². The number of imide groups is 3. The molecule has 8 amide bonds. The summed E-state index contributed by atoms with van der Waals surface area (Å²) in [6, 6.07) is 5.60. The lowest BCUT2D eigenvalue weighted by Gasteiger charge is -2.14. The molecule has 242 valence electrons. The number of amides is 8. The number of hydrogen-bond donors (Lipinski definition) is 2. The number of carbonyl (C=O) groups excluding carboxylic acids is 10. The van der Waals surface area contributed by atoms with Crippen LogP contribution in [0.25, 0.3) is 0 Å². The van der Waals surface area contributed by atoms with Crippen LogP contribution in [0.5, 0.6) is 0 Å². The average Bonchev–Trinajstić information content (AvgIpc) is 3.65. The Morgan fingerprint density at radius 2 is 1.37 bits per heavy atom. The fraction of sp³-hybridized carbons (Fsp3) is 0.310. The van der Waals surface area contributed by atoms with Crippen molar-refractivity contribution in [1.29, 1.82) is 0 Å². The van der Waals surface area contributed by atoms with Crippen molar-refractivity contribution in [2.24, 2.45) is 5.73 Å². The van der Waals surface area contributed by atoms with E-state index in [-0.39, 0.29) is 55.2 Å². The molecule has 0 unspecified atom stereocenters. The number of rotatable bonds is 12. The molecule has 0 aromatic heterocycles. The minimum absolute atomic E-state index is 0.0233. The van der Waals surface area contributed by atoms with Crippen LogP contribution < -0.4 is 16.1 Å². The van der Waals surface area contributed by atoms with E-state index in [0.717, 1.165) is 22.0 Å². The van der Waals surface area contributed by atoms with Crippen molar-refractivity contribution in [3.63, 3.8) is 0 Å². The van der Waals surface area contributed by atoms with Gasteiger partial charge in [0.15, 0.2) is 0 Å². The monoisotopic (exact) mass is 639 g/mol. The van der Waals surface area contributed by atoms with Gasteiger partial charge in [-0.2, -0.15) is 5.48 Å². The Morgan fingerprint density at radius 3 is 1.98 bits per heavy atom. The summed E-state index contributed by atoms with van der Waals surface area (Å²) in [6.45, 7) is 0.308. The zero-order chi connectivity index (χ0) is 33.8. The largest absolute Gasteiger partial charge is 0.370 e. The summed E-state index contributed by atoms with van der Waals surface area (Å²) in [7, 11) is 0. The van der Waals surface area contributed by atoms with Crippen LogP contribution in [0.3, 0.4) is 0 Å². The number of nitrogens with zero attached hydrogens (tertiary/aromatic N) is 3. The van der Waals surface area contributed by atoms with Crippen LogP contribution in [-0.2, 0) is 52.8 Å². The predicted molar refractivity (Wildman–Crippen MR) is 152 cm³/mol. The van der Waals surface area contributed by atoms with Crippen molar-refractivity contribution in [3.05, 3.63) is 54.1 Å². The summed E-state index contributed by atoms with van der Waals surface area (Å²) in [5.41, 5.74) is 7.00. The van der Waals surface area contributed by atoms with Crippen molar-refractivity contribution in [3.8, 4) is 0 Å². The minimum Gasteiger partial charge on any atom is -0.370 e. The van der Waals surface area contributed by atoms with Crippen molar-refractivity contribution in [1.82, 2.24) is 15.4 Å². The standard InChI is InChI=1S/C15H13N3O6.C14H16N2O6/c16-11(19)4-5-12(20)17-24-15(23)9-2-1-3-10(8-9)18-13(21)6-7-14(18)22;17-10-5-6-11(18)15(10)9-3-1-2-4-14(21)22-16-12(19)7-8-13(16)20/h1-3,6-8H,4-5H2,(H2,16,19)(H,17,20);5-6H,1-4,7-9H2. The zero-order valence-corrected chi connectivity index (χ0v) is 24.3. The summed E-state index contributed by atoms with van der Waals surface area (Å²) < 4.78 is 0. The summed E-state index contributed by atoms with van der Waals surface area (Å²) in [5.74, 6) is -5.57. The van der Waals surface area contributed by atoms with Crippen molar-refractivity contribution in [2.75, 3.05) is 11.4 Å². The van der Waals surface area contributed by atoms with E-state index < -0.39 is 47.4 Å². The number of hydrogen-bond acceptors (Lipinski definition) is 12. The van der Waals surface area contributed by atoms with Gasteiger partial charge in [0, 0.05) is 63.0 Å². The molecule has 1 saturated heterocycles. The van der Waals surface area contributed by atoms with Gasteiger partial charge in [-0.1, -0.05) is 12.5 Å². The molecule has 0 spiro atoms. The molecule has 17 nitrogen and oxygen atoms in total. The lowest BCUT2D eigenvalue weighted by Crippen LogP contribution is -2.32. The Kier molecular flexibility index (Phi) is 12.1. The molecule has 17 heteroatoms. The average molecular weight is 640 g/mol. The van der Waals surface area contributed by atoms with Gasteiger partial charge in [-0.05, 0) is 31.0 Å². The van der Waals surface area contributed by atoms with Gasteiger partial charge >= 0.3 is 11.9 Å². The lowest BCUT2D eigenvalue weighted by molar-refractivity contribution is -0.197. The quantitative estimate of drug-likeness (QED) is 0.170. The second kappa shape index (κ2) is 16.2. The number of primary amides is 1. The fourth-order valence-corrected chi connectivity index (χ4v) is 4.05. The van der Waals surface area contributed by atoms with Crippen molar-refractivity contribution in [2.45, 2.75) is 51.4 Å². The Morgan fingerprint density at radius 1 is 0.761 bits per heavy atom. The Labute approximate surface area is 260 Å². The zero-order valence-electron chi connectivity index (χ0n) is 24.3. The number of hydroxylamine groups is 3. The molecule has 0 atom stereocenters. The van der Waals surface area contributed by atoms with Gasteiger partial charge in [-0.3, -0.25) is 43.3 Å². The van der Waals surface area contributed by atoms with Gasteiger partial charge < -0.3 is 15.4 Å². The van der Waals surface area contributed by atoms with E-state index in [0.29, 0.717) is 30.9 Å². The van der Waals surface area contributed by atoms with E-state index in [1.54, 1.807) is 0 Å². The molecule has 3 aliphatic heterocycles. The van der Waals surface area contributed by atoms with E-state index >= 15 is 0 Å². The first-order valence-electron chi connectivity index (χ1n) is 13.9. The van der Waals surface area contributed by atoms with Gasteiger partial charge in [0.1, 0.15) is 0 Å². The van der Waals surface area contributed by atoms with Gasteiger partial charge in [0.2, 0.25) is 5.91 Å². The molecule has 3 heterocycles. The molecule has 1 aromatic rings. The molecule has 0 bridgehead atoms. The van der Waals surface area contributed by atoms with Gasteiger partial charge in [0.05, 0.1) is 11.3 Å². The number of unbranched alkanes of at least 4 members (excludes halogenated alkanes) is 2. The molecule has 1 aromatic carbocycles. The number of carbonyl (C=O) groups is 10. The highest BCUT2D eigenvalue weighted by Crippen LogP contribution is 2.20. The number of nitrogens with one attached hydrogen (secondary N) is 1. The van der Waals surface area contributed by atoms with Crippen molar-refractivity contribution < 1.29 is 57.6 Å². The second-order valence-electron chi connectivity index (χ2n) is 9.79. The van der Waals surface area contributed by atoms with E-state index in [4.69, 9.17) is 10.6 Å². The first-order chi connectivity index (χ1) is 21.9. The molecule has 4 rings (SSSR count). The summed E-state index contributed by atoms with van der Waals surface area (Å²) in [6.07, 6.45) is 6.18. The molecular weight excluding hydrogens is 610 g/mol. The molecule has 46 heavy (non-hydrogen) atoms.